The van der Waals surface area contributed by atoms with Gasteiger partial charge in [0.25, 0.3) is 0 Å². The van der Waals surface area contributed by atoms with Gasteiger partial charge in [0.05, 0.1) is 6.54 Å². The summed E-state index contributed by atoms with van der Waals surface area (Å²) in [6.45, 7) is 0.843. The van der Waals surface area contributed by atoms with Crippen molar-refractivity contribution in [3.8, 4) is 0 Å². The van der Waals surface area contributed by atoms with Crippen LogP contribution in [-0.4, -0.2) is 11.2 Å². The quantitative estimate of drug-likeness (QED) is 0.748. The van der Waals surface area contributed by atoms with Crippen LogP contribution in [-0.2, 0) is 6.54 Å². The third kappa shape index (κ3) is 2.97. The van der Waals surface area contributed by atoms with Gasteiger partial charge in [-0.1, -0.05) is 6.07 Å². The summed E-state index contributed by atoms with van der Waals surface area (Å²) in [5.74, 6) is 0. The van der Waals surface area contributed by atoms with Crippen molar-refractivity contribution in [2.75, 3.05) is 0 Å². The Balaban J connectivity index is 1.69. The molecule has 1 aromatic heterocycles. The molecule has 0 saturated heterocycles. The van der Waals surface area contributed by atoms with E-state index in [1.807, 2.05) is 0 Å². The van der Waals surface area contributed by atoms with Crippen LogP contribution < -0.4 is 10.6 Å². The Morgan fingerprint density at radius 1 is 1.62 bits per heavy atom. The van der Waals surface area contributed by atoms with Crippen LogP contribution in [0.4, 0.5) is 0 Å². The number of nitrogens with one attached hydrogen (secondary N) is 2. The summed E-state index contributed by atoms with van der Waals surface area (Å²) in [4.78, 5) is 1.32. The Bertz CT molecular complexity index is 278. The third-order valence-corrected chi connectivity index (χ3v) is 3.05. The molecular formula is C9H12N2S2. The van der Waals surface area contributed by atoms with Crippen LogP contribution in [0.15, 0.2) is 17.5 Å². The highest BCUT2D eigenvalue weighted by molar-refractivity contribution is 7.80. The highest BCUT2D eigenvalue weighted by atomic mass is 32.1. The molecule has 0 bridgehead atoms. The highest BCUT2D eigenvalue weighted by Crippen LogP contribution is 2.18. The van der Waals surface area contributed by atoms with Crippen molar-refractivity contribution in [2.45, 2.75) is 25.4 Å². The van der Waals surface area contributed by atoms with Crippen molar-refractivity contribution in [3.05, 3.63) is 22.4 Å². The monoisotopic (exact) mass is 212 g/mol. The van der Waals surface area contributed by atoms with Crippen molar-refractivity contribution < 1.29 is 0 Å². The molecule has 2 N–H and O–H groups in total. The molecule has 0 unspecified atom stereocenters. The van der Waals surface area contributed by atoms with Gasteiger partial charge in [0.15, 0.2) is 5.11 Å². The average Bonchev–Trinajstić information content (AvgIpc) is 2.78. The number of hydrogen-bond donors (Lipinski definition) is 2. The lowest BCUT2D eigenvalue weighted by Crippen LogP contribution is -2.35. The van der Waals surface area contributed by atoms with Gasteiger partial charge in [-0.3, -0.25) is 0 Å². The lowest BCUT2D eigenvalue weighted by molar-refractivity contribution is 0.836. The minimum atomic E-state index is 0.642. The fourth-order valence-corrected chi connectivity index (χ4v) is 1.93. The molecule has 0 aromatic carbocycles. The fraction of sp³-hybridized carbons (Fsp3) is 0.444. The molecule has 2 rings (SSSR count). The topological polar surface area (TPSA) is 24.1 Å². The zero-order chi connectivity index (χ0) is 9.10. The summed E-state index contributed by atoms with van der Waals surface area (Å²) < 4.78 is 0. The second-order valence-corrected chi connectivity index (χ2v) is 4.62. The molecule has 1 aromatic rings. The number of hydrogen-bond acceptors (Lipinski definition) is 2. The van der Waals surface area contributed by atoms with E-state index in [0.717, 1.165) is 11.7 Å². The van der Waals surface area contributed by atoms with E-state index >= 15 is 0 Å². The van der Waals surface area contributed by atoms with Gasteiger partial charge in [-0.15, -0.1) is 11.3 Å². The van der Waals surface area contributed by atoms with E-state index in [9.17, 15) is 0 Å². The minimum absolute atomic E-state index is 0.642. The van der Waals surface area contributed by atoms with Gasteiger partial charge in [-0.05, 0) is 36.5 Å². The Hall–Kier alpha value is -0.610. The molecule has 1 saturated carbocycles. The lowest BCUT2D eigenvalue weighted by Gasteiger charge is -2.07. The Labute approximate surface area is 87.3 Å². The molecular weight excluding hydrogens is 200 g/mol. The number of rotatable bonds is 3. The maximum Gasteiger partial charge on any atom is 0.166 e. The predicted octanol–water partition coefficient (Wildman–Crippen LogP) is 1.87. The molecule has 1 aliphatic carbocycles. The van der Waals surface area contributed by atoms with Gasteiger partial charge in [-0.2, -0.15) is 0 Å². The van der Waals surface area contributed by atoms with Crippen LogP contribution in [0.2, 0.25) is 0 Å². The normalized spacial score (nSPS) is 15.4. The first-order valence-corrected chi connectivity index (χ1v) is 5.70. The van der Waals surface area contributed by atoms with Gasteiger partial charge >= 0.3 is 0 Å². The summed E-state index contributed by atoms with van der Waals surface area (Å²) in [5, 5.41) is 9.29. The van der Waals surface area contributed by atoms with Crippen LogP contribution >= 0.6 is 23.6 Å². The molecule has 0 spiro atoms. The lowest BCUT2D eigenvalue weighted by atomic mass is 10.5. The summed E-state index contributed by atoms with van der Waals surface area (Å²) in [5.41, 5.74) is 0. The summed E-state index contributed by atoms with van der Waals surface area (Å²) in [7, 11) is 0. The van der Waals surface area contributed by atoms with Gasteiger partial charge in [-0.25, -0.2) is 0 Å². The molecule has 0 atom stereocenters. The zero-order valence-electron chi connectivity index (χ0n) is 7.25. The van der Waals surface area contributed by atoms with Gasteiger partial charge in [0, 0.05) is 10.9 Å². The van der Waals surface area contributed by atoms with Gasteiger partial charge in [0.2, 0.25) is 0 Å². The van der Waals surface area contributed by atoms with E-state index in [-0.39, 0.29) is 0 Å². The fourth-order valence-electron chi connectivity index (χ4n) is 1.04. The summed E-state index contributed by atoms with van der Waals surface area (Å²) in [6, 6.07) is 4.81. The zero-order valence-corrected chi connectivity index (χ0v) is 8.88. The van der Waals surface area contributed by atoms with E-state index in [2.05, 4.69) is 28.1 Å². The van der Waals surface area contributed by atoms with Crippen molar-refractivity contribution in [2.24, 2.45) is 0 Å². The number of thiocarbonyl (C=S) groups is 1. The Kier molecular flexibility index (Phi) is 2.80. The summed E-state index contributed by atoms with van der Waals surface area (Å²) in [6.07, 6.45) is 2.53. The molecule has 0 radical (unpaired) electrons. The SMILES string of the molecule is S=C(NCc1cccs1)NC1CC1. The van der Waals surface area contributed by atoms with E-state index in [0.29, 0.717) is 6.04 Å². The third-order valence-electron chi connectivity index (χ3n) is 1.92. The second-order valence-electron chi connectivity index (χ2n) is 3.18. The first-order valence-electron chi connectivity index (χ1n) is 4.41. The minimum Gasteiger partial charge on any atom is -0.360 e. The van der Waals surface area contributed by atoms with Crippen LogP contribution in [0, 0.1) is 0 Å². The molecule has 1 aliphatic rings. The maximum absolute atomic E-state index is 5.13. The maximum atomic E-state index is 5.13. The van der Waals surface area contributed by atoms with E-state index in [4.69, 9.17) is 12.2 Å². The molecule has 0 aliphatic heterocycles. The first-order chi connectivity index (χ1) is 6.34. The predicted molar refractivity (Wildman–Crippen MR) is 59.9 cm³/mol. The molecule has 1 heterocycles. The van der Waals surface area contributed by atoms with Crippen LogP contribution in [0.3, 0.4) is 0 Å². The number of thiophene rings is 1. The van der Waals surface area contributed by atoms with Gasteiger partial charge in [0.1, 0.15) is 0 Å². The second kappa shape index (κ2) is 4.07. The average molecular weight is 212 g/mol. The first kappa shape index (κ1) is 8.97. The van der Waals surface area contributed by atoms with Crippen molar-refractivity contribution >= 4 is 28.7 Å². The molecule has 13 heavy (non-hydrogen) atoms. The van der Waals surface area contributed by atoms with Crippen molar-refractivity contribution in [1.82, 2.24) is 10.6 Å². The molecule has 70 valence electrons. The van der Waals surface area contributed by atoms with Crippen LogP contribution in [0.25, 0.3) is 0 Å². The Morgan fingerprint density at radius 3 is 3.08 bits per heavy atom. The summed E-state index contributed by atoms with van der Waals surface area (Å²) >= 11 is 6.88. The molecule has 4 heteroatoms. The smallest absolute Gasteiger partial charge is 0.166 e. The van der Waals surface area contributed by atoms with Crippen LogP contribution in [0.1, 0.15) is 17.7 Å². The Morgan fingerprint density at radius 2 is 2.46 bits per heavy atom. The molecule has 2 nitrogen and oxygen atoms in total. The van der Waals surface area contributed by atoms with E-state index in [1.165, 1.54) is 17.7 Å². The standard InChI is InChI=1S/C9H12N2S2/c12-9(11-7-3-4-7)10-6-8-2-1-5-13-8/h1-2,5,7H,3-4,6H2,(H2,10,11,12). The largest absolute Gasteiger partial charge is 0.360 e. The van der Waals surface area contributed by atoms with E-state index in [1.54, 1.807) is 11.3 Å². The van der Waals surface area contributed by atoms with Crippen molar-refractivity contribution in [1.29, 1.82) is 0 Å². The van der Waals surface area contributed by atoms with Gasteiger partial charge < -0.3 is 10.6 Å². The highest BCUT2D eigenvalue weighted by Gasteiger charge is 2.21. The molecule has 1 fully saturated rings. The van der Waals surface area contributed by atoms with Crippen LogP contribution in [0.5, 0.6) is 0 Å². The molecule has 0 amide bonds. The van der Waals surface area contributed by atoms with E-state index < -0.39 is 0 Å². The van der Waals surface area contributed by atoms with Crippen molar-refractivity contribution in [3.63, 3.8) is 0 Å².